The number of hydrogen-bond donors (Lipinski definition) is 2. The van der Waals surface area contributed by atoms with Gasteiger partial charge in [0.25, 0.3) is 0 Å². The van der Waals surface area contributed by atoms with E-state index in [9.17, 15) is 0 Å². The highest BCUT2D eigenvalue weighted by Gasteiger charge is 2.07. The van der Waals surface area contributed by atoms with Crippen LogP contribution in [0.15, 0.2) is 24.3 Å². The lowest BCUT2D eigenvalue weighted by atomic mass is 10.0. The van der Waals surface area contributed by atoms with Gasteiger partial charge in [0.05, 0.1) is 24.3 Å². The first kappa shape index (κ1) is 11.9. The van der Waals surface area contributed by atoms with Crippen LogP contribution in [0.2, 0.25) is 0 Å². The van der Waals surface area contributed by atoms with Gasteiger partial charge in [0.1, 0.15) is 0 Å². The van der Waals surface area contributed by atoms with Crippen molar-refractivity contribution in [2.24, 2.45) is 5.73 Å². The smallest absolute Gasteiger partial charge is 0.0995 e. The number of benzene rings is 1. The summed E-state index contributed by atoms with van der Waals surface area (Å²) in [5, 5.41) is 17.4. The third-order valence-corrected chi connectivity index (χ3v) is 1.68. The van der Waals surface area contributed by atoms with E-state index < -0.39 is 6.04 Å². The lowest BCUT2D eigenvalue weighted by Gasteiger charge is -2.09. The van der Waals surface area contributed by atoms with E-state index in [1.165, 1.54) is 0 Å². The molecule has 0 aliphatic carbocycles. The fourth-order valence-corrected chi connectivity index (χ4v) is 1.02. The van der Waals surface area contributed by atoms with Crippen molar-refractivity contribution in [1.82, 2.24) is 0 Å². The second kappa shape index (κ2) is 5.55. The highest BCUT2D eigenvalue weighted by molar-refractivity contribution is 5.85. The molecule has 1 atom stereocenters. The van der Waals surface area contributed by atoms with Crippen molar-refractivity contribution in [1.29, 1.82) is 5.26 Å². The number of halogens is 1. The molecular formula is C9H11ClN2O. The predicted octanol–water partition coefficient (Wildman–Crippen LogP) is 0.972. The molecule has 0 spiro atoms. The minimum absolute atomic E-state index is 0. The lowest BCUT2D eigenvalue weighted by Crippen LogP contribution is -2.15. The quantitative estimate of drug-likeness (QED) is 0.744. The standard InChI is InChI=1S/C9H10N2O.ClH/c10-5-7-3-1-2-4-8(7)9(11)6-12;/h1-4,9,12H,6,11H2;1H/t9-;/m0./s1. The number of rotatable bonds is 2. The molecule has 0 bridgehead atoms. The molecule has 13 heavy (non-hydrogen) atoms. The van der Waals surface area contributed by atoms with Gasteiger partial charge in [0.2, 0.25) is 0 Å². The Morgan fingerprint density at radius 3 is 2.62 bits per heavy atom. The molecule has 1 rings (SSSR count). The maximum Gasteiger partial charge on any atom is 0.0995 e. The minimum atomic E-state index is -0.458. The molecule has 3 N–H and O–H groups in total. The second-order valence-electron chi connectivity index (χ2n) is 2.49. The number of nitrogens with zero attached hydrogens (tertiary/aromatic N) is 1. The molecule has 0 unspecified atom stereocenters. The van der Waals surface area contributed by atoms with Gasteiger partial charge >= 0.3 is 0 Å². The largest absolute Gasteiger partial charge is 0.394 e. The van der Waals surface area contributed by atoms with Gasteiger partial charge in [-0.15, -0.1) is 12.4 Å². The fraction of sp³-hybridized carbons (Fsp3) is 0.222. The molecule has 0 amide bonds. The van der Waals surface area contributed by atoms with Crippen LogP contribution < -0.4 is 5.73 Å². The Morgan fingerprint density at radius 2 is 2.08 bits per heavy atom. The molecule has 0 aliphatic rings. The first-order chi connectivity index (χ1) is 5.79. The Hall–Kier alpha value is -1.08. The van der Waals surface area contributed by atoms with Gasteiger partial charge in [0, 0.05) is 0 Å². The molecule has 1 aromatic carbocycles. The van der Waals surface area contributed by atoms with Crippen molar-refractivity contribution in [2.75, 3.05) is 6.61 Å². The summed E-state index contributed by atoms with van der Waals surface area (Å²) in [5.74, 6) is 0. The average molecular weight is 199 g/mol. The zero-order valence-corrected chi connectivity index (χ0v) is 7.79. The first-order valence-corrected chi connectivity index (χ1v) is 3.65. The number of aliphatic hydroxyl groups excluding tert-OH is 1. The molecule has 0 aliphatic heterocycles. The van der Waals surface area contributed by atoms with Crippen LogP contribution in [0.1, 0.15) is 17.2 Å². The molecule has 0 saturated heterocycles. The summed E-state index contributed by atoms with van der Waals surface area (Å²) in [7, 11) is 0. The van der Waals surface area contributed by atoms with Crippen LogP contribution >= 0.6 is 12.4 Å². The van der Waals surface area contributed by atoms with Gasteiger partial charge in [-0.05, 0) is 11.6 Å². The number of aliphatic hydroxyl groups is 1. The van der Waals surface area contributed by atoms with Crippen LogP contribution in [0.4, 0.5) is 0 Å². The van der Waals surface area contributed by atoms with Gasteiger partial charge in [-0.1, -0.05) is 18.2 Å². The van der Waals surface area contributed by atoms with E-state index in [0.29, 0.717) is 11.1 Å². The van der Waals surface area contributed by atoms with Gasteiger partial charge in [-0.25, -0.2) is 0 Å². The maximum atomic E-state index is 8.77. The molecule has 0 aromatic heterocycles. The number of hydrogen-bond acceptors (Lipinski definition) is 3. The van der Waals surface area contributed by atoms with E-state index >= 15 is 0 Å². The Morgan fingerprint density at radius 1 is 1.46 bits per heavy atom. The van der Waals surface area contributed by atoms with E-state index in [2.05, 4.69) is 0 Å². The summed E-state index contributed by atoms with van der Waals surface area (Å²) in [5.41, 5.74) is 6.79. The third-order valence-electron chi connectivity index (χ3n) is 1.68. The number of nitriles is 1. The molecule has 3 nitrogen and oxygen atoms in total. The summed E-state index contributed by atoms with van der Waals surface area (Å²) in [6.45, 7) is -0.140. The van der Waals surface area contributed by atoms with E-state index in [1.807, 2.05) is 6.07 Å². The zero-order valence-electron chi connectivity index (χ0n) is 6.97. The van der Waals surface area contributed by atoms with Gasteiger partial charge in [-0.3, -0.25) is 0 Å². The monoisotopic (exact) mass is 198 g/mol. The number of nitrogens with two attached hydrogens (primary N) is 1. The molecular weight excluding hydrogens is 188 g/mol. The minimum Gasteiger partial charge on any atom is -0.394 e. The molecule has 0 fully saturated rings. The normalized spacial score (nSPS) is 11.2. The van der Waals surface area contributed by atoms with E-state index in [1.54, 1.807) is 24.3 Å². The highest BCUT2D eigenvalue weighted by Crippen LogP contribution is 2.14. The first-order valence-electron chi connectivity index (χ1n) is 3.65. The van der Waals surface area contributed by atoms with Crippen LogP contribution in [0, 0.1) is 11.3 Å². The van der Waals surface area contributed by atoms with Crippen LogP contribution in [0.5, 0.6) is 0 Å². The van der Waals surface area contributed by atoms with Gasteiger partial charge < -0.3 is 10.8 Å². The molecule has 70 valence electrons. The topological polar surface area (TPSA) is 70.0 Å². The molecule has 1 aromatic rings. The maximum absolute atomic E-state index is 8.77. The predicted molar refractivity (Wildman–Crippen MR) is 52.4 cm³/mol. The fourth-order valence-electron chi connectivity index (χ4n) is 1.02. The van der Waals surface area contributed by atoms with Crippen molar-refractivity contribution in [3.63, 3.8) is 0 Å². The SMILES string of the molecule is Cl.N#Cc1ccccc1[C@@H](N)CO. The van der Waals surface area contributed by atoms with Crippen molar-refractivity contribution in [3.8, 4) is 6.07 Å². The van der Waals surface area contributed by atoms with E-state index in [0.717, 1.165) is 0 Å². The highest BCUT2D eigenvalue weighted by atomic mass is 35.5. The van der Waals surface area contributed by atoms with Crippen LogP contribution in [0.25, 0.3) is 0 Å². The van der Waals surface area contributed by atoms with Gasteiger partial charge in [-0.2, -0.15) is 5.26 Å². The van der Waals surface area contributed by atoms with E-state index in [-0.39, 0.29) is 19.0 Å². The van der Waals surface area contributed by atoms with Crippen LogP contribution in [-0.2, 0) is 0 Å². The summed E-state index contributed by atoms with van der Waals surface area (Å²) < 4.78 is 0. The summed E-state index contributed by atoms with van der Waals surface area (Å²) in [6.07, 6.45) is 0. The third kappa shape index (κ3) is 2.71. The molecule has 0 radical (unpaired) electrons. The second-order valence-corrected chi connectivity index (χ2v) is 2.49. The molecule has 4 heteroatoms. The summed E-state index contributed by atoms with van der Waals surface area (Å²) in [4.78, 5) is 0. The Kier molecular flexibility index (Phi) is 5.09. The van der Waals surface area contributed by atoms with Crippen molar-refractivity contribution in [3.05, 3.63) is 35.4 Å². The van der Waals surface area contributed by atoms with Crippen molar-refractivity contribution < 1.29 is 5.11 Å². The zero-order chi connectivity index (χ0) is 8.97. The molecule has 0 saturated carbocycles. The van der Waals surface area contributed by atoms with Crippen LogP contribution in [-0.4, -0.2) is 11.7 Å². The summed E-state index contributed by atoms with van der Waals surface area (Å²) >= 11 is 0. The Bertz CT molecular complexity index is 309. The lowest BCUT2D eigenvalue weighted by molar-refractivity contribution is 0.268. The Labute approximate surface area is 83.2 Å². The summed E-state index contributed by atoms with van der Waals surface area (Å²) in [6, 6.07) is 8.56. The van der Waals surface area contributed by atoms with Gasteiger partial charge in [0.15, 0.2) is 0 Å². The van der Waals surface area contributed by atoms with Crippen molar-refractivity contribution >= 4 is 12.4 Å². The average Bonchev–Trinajstić information content (AvgIpc) is 2.16. The van der Waals surface area contributed by atoms with Crippen molar-refractivity contribution in [2.45, 2.75) is 6.04 Å². The van der Waals surface area contributed by atoms with Crippen LogP contribution in [0.3, 0.4) is 0 Å². The molecule has 0 heterocycles. The Balaban J connectivity index is 0.00000144. The van der Waals surface area contributed by atoms with E-state index in [4.69, 9.17) is 16.1 Å².